The van der Waals surface area contributed by atoms with Gasteiger partial charge in [0.1, 0.15) is 24.4 Å². The lowest BCUT2D eigenvalue weighted by molar-refractivity contribution is -0.302. The first-order chi connectivity index (χ1) is 34.8. The van der Waals surface area contributed by atoms with Gasteiger partial charge in [-0.3, -0.25) is 4.79 Å². The third-order valence-corrected chi connectivity index (χ3v) is 12.6. The minimum absolute atomic E-state index is 0.147. The summed E-state index contributed by atoms with van der Waals surface area (Å²) in [6.45, 7) is 3.65. The normalized spacial score (nSPS) is 20.2. The van der Waals surface area contributed by atoms with Gasteiger partial charge in [-0.1, -0.05) is 232 Å². The van der Waals surface area contributed by atoms with E-state index in [1.54, 1.807) is 0 Å². The van der Waals surface area contributed by atoms with E-state index in [4.69, 9.17) is 9.47 Å². The molecular formula is C62H103NO8. The highest BCUT2D eigenvalue weighted by atomic mass is 16.7. The lowest BCUT2D eigenvalue weighted by Gasteiger charge is -2.40. The molecule has 1 heterocycles. The predicted molar refractivity (Wildman–Crippen MR) is 299 cm³/mol. The van der Waals surface area contributed by atoms with Gasteiger partial charge in [-0.25, -0.2) is 0 Å². The van der Waals surface area contributed by atoms with Crippen molar-refractivity contribution in [2.75, 3.05) is 13.2 Å². The van der Waals surface area contributed by atoms with E-state index in [0.29, 0.717) is 12.8 Å². The van der Waals surface area contributed by atoms with E-state index in [9.17, 15) is 30.3 Å². The molecule has 0 aliphatic carbocycles. The molecule has 6 N–H and O–H groups in total. The van der Waals surface area contributed by atoms with E-state index < -0.39 is 49.5 Å². The van der Waals surface area contributed by atoms with Crippen molar-refractivity contribution in [3.8, 4) is 0 Å². The summed E-state index contributed by atoms with van der Waals surface area (Å²) in [7, 11) is 0. The van der Waals surface area contributed by atoms with Gasteiger partial charge in [0, 0.05) is 6.42 Å². The second-order valence-corrected chi connectivity index (χ2v) is 19.0. The molecule has 0 bridgehead atoms. The Morgan fingerprint density at radius 3 is 1.30 bits per heavy atom. The molecule has 1 amide bonds. The van der Waals surface area contributed by atoms with Crippen LogP contribution in [-0.2, 0) is 14.3 Å². The smallest absolute Gasteiger partial charge is 0.220 e. The molecule has 71 heavy (non-hydrogen) atoms. The van der Waals surface area contributed by atoms with Crippen LogP contribution < -0.4 is 5.32 Å². The fourth-order valence-electron chi connectivity index (χ4n) is 8.13. The molecule has 1 fully saturated rings. The number of carbonyl (C=O) groups is 1. The molecule has 0 aromatic carbocycles. The largest absolute Gasteiger partial charge is 0.394 e. The molecule has 7 unspecified atom stereocenters. The predicted octanol–water partition coefficient (Wildman–Crippen LogP) is 14.0. The molecule has 9 heteroatoms. The molecule has 9 nitrogen and oxygen atoms in total. The summed E-state index contributed by atoms with van der Waals surface area (Å²) in [5, 5.41) is 54.2. The summed E-state index contributed by atoms with van der Waals surface area (Å²) in [6.07, 6.45) is 68.4. The monoisotopic (exact) mass is 990 g/mol. The van der Waals surface area contributed by atoms with Crippen molar-refractivity contribution in [3.63, 3.8) is 0 Å². The first-order valence-electron chi connectivity index (χ1n) is 28.2. The van der Waals surface area contributed by atoms with E-state index in [2.05, 4.69) is 141 Å². The number of nitrogens with one attached hydrogen (secondary N) is 1. The van der Waals surface area contributed by atoms with E-state index in [0.717, 1.165) is 109 Å². The van der Waals surface area contributed by atoms with Crippen LogP contribution in [0.1, 0.15) is 206 Å². The Balaban J connectivity index is 2.07. The molecule has 404 valence electrons. The number of carbonyl (C=O) groups excluding carboxylic acids is 1. The maximum atomic E-state index is 13.0. The third kappa shape index (κ3) is 39.8. The van der Waals surface area contributed by atoms with Gasteiger partial charge in [-0.05, 0) is 89.9 Å². The van der Waals surface area contributed by atoms with E-state index >= 15 is 0 Å². The fourth-order valence-corrected chi connectivity index (χ4v) is 8.13. The zero-order chi connectivity index (χ0) is 51.5. The van der Waals surface area contributed by atoms with Gasteiger partial charge in [0.15, 0.2) is 6.29 Å². The number of aliphatic hydroxyl groups is 5. The molecule has 0 spiro atoms. The van der Waals surface area contributed by atoms with E-state index in [1.165, 1.54) is 70.6 Å². The van der Waals surface area contributed by atoms with Crippen LogP contribution in [0.3, 0.4) is 0 Å². The van der Waals surface area contributed by atoms with Gasteiger partial charge in [0.2, 0.25) is 5.91 Å². The molecule has 1 rings (SSSR count). The third-order valence-electron chi connectivity index (χ3n) is 12.6. The van der Waals surface area contributed by atoms with Crippen LogP contribution in [0.2, 0.25) is 0 Å². The van der Waals surface area contributed by atoms with Crippen LogP contribution in [0.25, 0.3) is 0 Å². The van der Waals surface area contributed by atoms with Crippen LogP contribution in [-0.4, -0.2) is 87.5 Å². The number of hydrogen-bond donors (Lipinski definition) is 6. The molecule has 0 aromatic heterocycles. The molecule has 0 aromatic rings. The lowest BCUT2D eigenvalue weighted by atomic mass is 9.99. The Hall–Kier alpha value is -3.41. The van der Waals surface area contributed by atoms with Crippen LogP contribution >= 0.6 is 0 Å². The van der Waals surface area contributed by atoms with Crippen molar-refractivity contribution in [1.82, 2.24) is 5.32 Å². The Morgan fingerprint density at radius 1 is 0.493 bits per heavy atom. The Morgan fingerprint density at radius 2 is 0.873 bits per heavy atom. The van der Waals surface area contributed by atoms with Crippen molar-refractivity contribution < 1.29 is 39.8 Å². The van der Waals surface area contributed by atoms with Crippen molar-refractivity contribution in [2.24, 2.45) is 0 Å². The quantitative estimate of drug-likeness (QED) is 0.0261. The summed E-state index contributed by atoms with van der Waals surface area (Å²) in [5.41, 5.74) is 0. The van der Waals surface area contributed by atoms with Crippen LogP contribution in [0.15, 0.2) is 122 Å². The average Bonchev–Trinajstić information content (AvgIpc) is 3.37. The number of aliphatic hydroxyl groups excluding tert-OH is 5. The highest BCUT2D eigenvalue weighted by Crippen LogP contribution is 2.23. The highest BCUT2D eigenvalue weighted by Gasteiger charge is 2.44. The summed E-state index contributed by atoms with van der Waals surface area (Å²) in [6, 6.07) is -0.725. The summed E-state index contributed by atoms with van der Waals surface area (Å²) in [4.78, 5) is 13.0. The zero-order valence-corrected chi connectivity index (χ0v) is 44.7. The van der Waals surface area contributed by atoms with E-state index in [-0.39, 0.29) is 12.5 Å². The number of hydrogen-bond acceptors (Lipinski definition) is 8. The van der Waals surface area contributed by atoms with Gasteiger partial charge in [-0.15, -0.1) is 0 Å². The van der Waals surface area contributed by atoms with Gasteiger partial charge >= 0.3 is 0 Å². The van der Waals surface area contributed by atoms with Gasteiger partial charge in [-0.2, -0.15) is 0 Å². The standard InChI is InChI=1S/C62H103NO8/c1-3-5-7-9-11-12-13-14-15-16-17-18-19-20-21-22-23-24-25-26-27-28-29-30-31-32-33-34-35-36-37-38-39-40-41-42-43-44-46-48-50-52-58(66)63-55(56(65)51-49-47-45-10-8-6-4-2)54-70-62-61(69)60(68)59(67)57(53-64)71-62/h5,7,11-12,14-15,17-18,20-21,23-24,26-27,29-30,32-33,35-36,55-57,59-62,64-65,67-69H,3-4,6,8-10,13,16,19,22,25,28,31,34,37-54H2,1-2H3,(H,63,66)/b7-5-,12-11-,15-14-,18-17-,21-20-,24-23-,27-26-,30-29-,33-32-,36-35-. The van der Waals surface area contributed by atoms with Crippen LogP contribution in [0.4, 0.5) is 0 Å². The minimum Gasteiger partial charge on any atom is -0.394 e. The van der Waals surface area contributed by atoms with Crippen molar-refractivity contribution in [1.29, 1.82) is 0 Å². The SMILES string of the molecule is CC/C=C\C/C=C\C/C=C\C/C=C\C/C=C\C/C=C\C/C=C\C/C=C\C/C=C\C/C=C\CCCCCCCCCCCCC(=O)NC(COC1OC(CO)C(O)C(O)C1O)C(O)CCCCCCCCC. The topological polar surface area (TPSA) is 149 Å². The highest BCUT2D eigenvalue weighted by molar-refractivity contribution is 5.76. The number of allylic oxidation sites excluding steroid dienone is 20. The average molecular weight is 991 g/mol. The van der Waals surface area contributed by atoms with Crippen LogP contribution in [0, 0.1) is 0 Å². The molecule has 0 saturated carbocycles. The maximum absolute atomic E-state index is 13.0. The molecule has 1 saturated heterocycles. The molecule has 1 aliphatic rings. The second kappa shape index (κ2) is 50.1. The van der Waals surface area contributed by atoms with Crippen molar-refractivity contribution in [3.05, 3.63) is 122 Å². The first kappa shape index (κ1) is 65.6. The number of ether oxygens (including phenoxy) is 2. The molecule has 0 radical (unpaired) electrons. The zero-order valence-electron chi connectivity index (χ0n) is 44.7. The van der Waals surface area contributed by atoms with Gasteiger partial charge < -0.3 is 40.3 Å². The molecule has 1 aliphatic heterocycles. The number of amides is 1. The van der Waals surface area contributed by atoms with Crippen molar-refractivity contribution >= 4 is 5.91 Å². The summed E-state index contributed by atoms with van der Waals surface area (Å²) < 4.78 is 11.2. The fraction of sp³-hybridized carbons (Fsp3) is 0.661. The Kier molecular flexibility index (Phi) is 46.3. The first-order valence-corrected chi connectivity index (χ1v) is 28.2. The maximum Gasteiger partial charge on any atom is 0.220 e. The second-order valence-electron chi connectivity index (χ2n) is 19.0. The molecular weight excluding hydrogens is 887 g/mol. The van der Waals surface area contributed by atoms with Crippen LogP contribution in [0.5, 0.6) is 0 Å². The summed E-state index contributed by atoms with van der Waals surface area (Å²) in [5.74, 6) is -0.159. The number of rotatable bonds is 46. The Labute approximate surface area is 433 Å². The summed E-state index contributed by atoms with van der Waals surface area (Å²) >= 11 is 0. The van der Waals surface area contributed by atoms with Gasteiger partial charge in [0.25, 0.3) is 0 Å². The van der Waals surface area contributed by atoms with Crippen molar-refractivity contribution in [2.45, 2.75) is 249 Å². The molecule has 7 atom stereocenters. The Bertz CT molecular complexity index is 1520. The number of unbranched alkanes of at least 4 members (excludes halogenated alkanes) is 16. The van der Waals surface area contributed by atoms with Gasteiger partial charge in [0.05, 0.1) is 25.4 Å². The lowest BCUT2D eigenvalue weighted by Crippen LogP contribution is -2.60. The van der Waals surface area contributed by atoms with E-state index in [1.807, 2.05) is 0 Å². The minimum atomic E-state index is -1.56.